The summed E-state index contributed by atoms with van der Waals surface area (Å²) >= 11 is 11.9. The van der Waals surface area contributed by atoms with Crippen molar-refractivity contribution in [2.75, 3.05) is 12.8 Å². The molecular formula is C17H17Cl2FN2O4. The summed E-state index contributed by atoms with van der Waals surface area (Å²) in [7, 11) is 1.29. The van der Waals surface area contributed by atoms with E-state index in [1.807, 2.05) is 6.92 Å². The highest BCUT2D eigenvalue weighted by Gasteiger charge is 2.21. The Balaban J connectivity index is 2.44. The number of benzene rings is 1. The van der Waals surface area contributed by atoms with Gasteiger partial charge in [-0.3, -0.25) is 0 Å². The number of ether oxygens (including phenoxy) is 3. The van der Waals surface area contributed by atoms with E-state index in [0.29, 0.717) is 6.42 Å². The summed E-state index contributed by atoms with van der Waals surface area (Å²) in [5, 5.41) is 0.0143. The third kappa shape index (κ3) is 4.28. The van der Waals surface area contributed by atoms with E-state index >= 15 is 0 Å². The second-order valence-electron chi connectivity index (χ2n) is 5.35. The molecule has 0 bridgehead atoms. The standard InChI is InChI=1S/C17H17Cl2FN2O4/c1-4-8(2)25-17(23)26-16-13(19)11(21)7-12(22-16)9-5-6-10(18)15(24-3)14(9)20/h5-8H,4H2,1-3H3,(H2,21,22). The minimum atomic E-state index is -0.987. The molecule has 140 valence electrons. The first-order chi connectivity index (χ1) is 12.3. The third-order valence-electron chi connectivity index (χ3n) is 3.54. The summed E-state index contributed by atoms with van der Waals surface area (Å²) in [6.07, 6.45) is -0.729. The number of methoxy groups -OCH3 is 1. The Labute approximate surface area is 160 Å². The van der Waals surface area contributed by atoms with Crippen molar-refractivity contribution in [3.63, 3.8) is 0 Å². The molecular weight excluding hydrogens is 386 g/mol. The van der Waals surface area contributed by atoms with Crippen LogP contribution < -0.4 is 15.2 Å². The number of aromatic nitrogens is 1. The van der Waals surface area contributed by atoms with Crippen molar-refractivity contribution >= 4 is 35.0 Å². The number of nitrogens with zero attached hydrogens (tertiary/aromatic N) is 1. The zero-order valence-corrected chi connectivity index (χ0v) is 15.8. The molecule has 0 saturated carbocycles. The Bertz CT molecular complexity index is 833. The average molecular weight is 403 g/mol. The van der Waals surface area contributed by atoms with Gasteiger partial charge in [0.05, 0.1) is 23.5 Å². The van der Waals surface area contributed by atoms with Crippen LogP contribution in [0.25, 0.3) is 11.3 Å². The number of carbonyl (C=O) groups excluding carboxylic acids is 1. The number of nitrogens with two attached hydrogens (primary N) is 1. The minimum absolute atomic E-state index is 0.0507. The van der Waals surface area contributed by atoms with Crippen molar-refractivity contribution in [1.29, 1.82) is 0 Å². The first kappa shape index (κ1) is 20.1. The zero-order chi connectivity index (χ0) is 19.4. The summed E-state index contributed by atoms with van der Waals surface area (Å²) in [6, 6.07) is 4.20. The van der Waals surface area contributed by atoms with Gasteiger partial charge in [-0.05, 0) is 31.5 Å². The van der Waals surface area contributed by atoms with E-state index in [-0.39, 0.29) is 44.7 Å². The van der Waals surface area contributed by atoms with Crippen molar-refractivity contribution in [3.05, 3.63) is 34.1 Å². The molecule has 0 aliphatic rings. The molecule has 1 heterocycles. The summed E-state index contributed by atoms with van der Waals surface area (Å²) in [6.45, 7) is 3.55. The Kier molecular flexibility index (Phi) is 6.50. The molecule has 2 aromatic rings. The van der Waals surface area contributed by atoms with Crippen LogP contribution >= 0.6 is 23.2 Å². The van der Waals surface area contributed by atoms with Crippen molar-refractivity contribution in [1.82, 2.24) is 4.98 Å². The van der Waals surface area contributed by atoms with E-state index in [2.05, 4.69) is 4.98 Å². The molecule has 0 spiro atoms. The van der Waals surface area contributed by atoms with E-state index in [9.17, 15) is 9.18 Å². The fourth-order valence-corrected chi connectivity index (χ4v) is 2.36. The van der Waals surface area contributed by atoms with Gasteiger partial charge in [0, 0.05) is 5.56 Å². The molecule has 1 aromatic carbocycles. The van der Waals surface area contributed by atoms with E-state index in [1.54, 1.807) is 6.92 Å². The molecule has 1 aromatic heterocycles. The Morgan fingerprint density at radius 2 is 2.08 bits per heavy atom. The summed E-state index contributed by atoms with van der Waals surface area (Å²) in [5.41, 5.74) is 6.02. The Hall–Kier alpha value is -2.25. The predicted molar refractivity (Wildman–Crippen MR) is 97.5 cm³/mol. The van der Waals surface area contributed by atoms with Crippen LogP contribution in [0.5, 0.6) is 11.6 Å². The van der Waals surface area contributed by atoms with E-state index in [0.717, 1.165) is 0 Å². The topological polar surface area (TPSA) is 83.7 Å². The van der Waals surface area contributed by atoms with E-state index in [4.69, 9.17) is 43.1 Å². The van der Waals surface area contributed by atoms with Gasteiger partial charge in [-0.1, -0.05) is 30.1 Å². The van der Waals surface area contributed by atoms with Gasteiger partial charge in [-0.15, -0.1) is 0 Å². The van der Waals surface area contributed by atoms with Gasteiger partial charge in [0.1, 0.15) is 11.1 Å². The smallest absolute Gasteiger partial charge is 0.492 e. The number of nitrogen functional groups attached to an aromatic ring is 1. The quantitative estimate of drug-likeness (QED) is 0.700. The van der Waals surface area contributed by atoms with Crippen molar-refractivity contribution in [2.24, 2.45) is 0 Å². The number of pyridine rings is 1. The average Bonchev–Trinajstić information content (AvgIpc) is 2.59. The summed E-state index contributed by atoms with van der Waals surface area (Å²) < 4.78 is 29.6. The highest BCUT2D eigenvalue weighted by molar-refractivity contribution is 6.34. The molecule has 0 aliphatic heterocycles. The second kappa shape index (κ2) is 8.42. The van der Waals surface area contributed by atoms with Crippen molar-refractivity contribution in [3.8, 4) is 22.9 Å². The number of halogens is 3. The van der Waals surface area contributed by atoms with Gasteiger partial charge >= 0.3 is 6.16 Å². The lowest BCUT2D eigenvalue weighted by molar-refractivity contribution is 0.0632. The van der Waals surface area contributed by atoms with Gasteiger partial charge in [-0.2, -0.15) is 0 Å². The van der Waals surface area contributed by atoms with Crippen molar-refractivity contribution < 1.29 is 23.4 Å². The second-order valence-corrected chi connectivity index (χ2v) is 6.13. The first-order valence-electron chi connectivity index (χ1n) is 7.65. The number of anilines is 1. The fourth-order valence-electron chi connectivity index (χ4n) is 2.00. The van der Waals surface area contributed by atoms with Crippen LogP contribution in [0.1, 0.15) is 20.3 Å². The molecule has 0 amide bonds. The van der Waals surface area contributed by atoms with Gasteiger partial charge in [0.15, 0.2) is 11.6 Å². The molecule has 1 atom stereocenters. The Morgan fingerprint density at radius 1 is 1.38 bits per heavy atom. The normalized spacial score (nSPS) is 11.8. The van der Waals surface area contributed by atoms with Crippen molar-refractivity contribution in [2.45, 2.75) is 26.4 Å². The lowest BCUT2D eigenvalue weighted by Gasteiger charge is -2.13. The predicted octanol–water partition coefficient (Wildman–Crippen LogP) is 5.10. The maximum atomic E-state index is 14.6. The van der Waals surface area contributed by atoms with Gasteiger partial charge < -0.3 is 19.9 Å². The maximum Gasteiger partial charge on any atom is 0.515 e. The SMILES string of the molecule is CCC(C)OC(=O)Oc1nc(-c2ccc(Cl)c(OC)c2F)cc(N)c1Cl. The number of hydrogen-bond acceptors (Lipinski definition) is 6. The van der Waals surface area contributed by atoms with Crippen LogP contribution in [0, 0.1) is 5.82 Å². The highest BCUT2D eigenvalue weighted by Crippen LogP contribution is 2.38. The maximum absolute atomic E-state index is 14.6. The number of carbonyl (C=O) groups is 1. The molecule has 9 heteroatoms. The molecule has 0 saturated heterocycles. The largest absolute Gasteiger partial charge is 0.515 e. The lowest BCUT2D eigenvalue weighted by atomic mass is 10.1. The molecule has 2 N–H and O–H groups in total. The van der Waals surface area contributed by atoms with Gasteiger partial charge in [-0.25, -0.2) is 14.2 Å². The first-order valence-corrected chi connectivity index (χ1v) is 8.40. The summed E-state index contributed by atoms with van der Waals surface area (Å²) in [4.78, 5) is 15.9. The molecule has 0 fully saturated rings. The third-order valence-corrected chi connectivity index (χ3v) is 4.21. The summed E-state index contributed by atoms with van der Waals surface area (Å²) in [5.74, 6) is -1.16. The van der Waals surface area contributed by atoms with Gasteiger partial charge in [0.2, 0.25) is 5.88 Å². The van der Waals surface area contributed by atoms with Crippen LogP contribution in [-0.4, -0.2) is 24.4 Å². The van der Waals surface area contributed by atoms with Crippen LogP contribution in [0.2, 0.25) is 10.0 Å². The van der Waals surface area contributed by atoms with Crippen LogP contribution in [0.3, 0.4) is 0 Å². The molecule has 0 aliphatic carbocycles. The van der Waals surface area contributed by atoms with Crippen LogP contribution in [0.4, 0.5) is 14.9 Å². The number of hydrogen-bond donors (Lipinski definition) is 1. The molecule has 6 nitrogen and oxygen atoms in total. The zero-order valence-electron chi connectivity index (χ0n) is 14.3. The van der Waals surface area contributed by atoms with Gasteiger partial charge in [0.25, 0.3) is 0 Å². The Morgan fingerprint density at radius 3 is 2.69 bits per heavy atom. The lowest BCUT2D eigenvalue weighted by Crippen LogP contribution is -2.18. The van der Waals surface area contributed by atoms with Crippen LogP contribution in [-0.2, 0) is 4.74 Å². The highest BCUT2D eigenvalue weighted by atomic mass is 35.5. The number of rotatable bonds is 5. The molecule has 26 heavy (non-hydrogen) atoms. The molecule has 0 radical (unpaired) electrons. The van der Waals surface area contributed by atoms with E-state index in [1.165, 1.54) is 25.3 Å². The van der Waals surface area contributed by atoms with Crippen LogP contribution in [0.15, 0.2) is 18.2 Å². The monoisotopic (exact) mass is 402 g/mol. The molecule has 1 unspecified atom stereocenters. The minimum Gasteiger partial charge on any atom is -0.492 e. The molecule has 2 rings (SSSR count). The van der Waals surface area contributed by atoms with E-state index < -0.39 is 12.0 Å². The fraction of sp³-hybridized carbons (Fsp3) is 0.294.